The molecular weight excluding hydrogens is 446 g/mol. The summed E-state index contributed by atoms with van der Waals surface area (Å²) in [6.45, 7) is 2.94. The Morgan fingerprint density at radius 1 is 1.19 bits per heavy atom. The third kappa shape index (κ3) is 4.62. The highest BCUT2D eigenvalue weighted by Gasteiger charge is 2.31. The Morgan fingerprint density at radius 2 is 1.94 bits per heavy atom. The van der Waals surface area contributed by atoms with Crippen molar-refractivity contribution in [3.05, 3.63) is 70.3 Å². The molecule has 0 spiro atoms. The van der Waals surface area contributed by atoms with Gasteiger partial charge < -0.3 is 13.9 Å². The summed E-state index contributed by atoms with van der Waals surface area (Å²) in [5.74, 6) is -0.0816. The summed E-state index contributed by atoms with van der Waals surface area (Å²) >= 11 is 6.61. The van der Waals surface area contributed by atoms with E-state index in [0.717, 1.165) is 22.9 Å². The summed E-state index contributed by atoms with van der Waals surface area (Å²) < 4.78 is 16.7. The van der Waals surface area contributed by atoms with Crippen LogP contribution in [0.25, 0.3) is 17.0 Å². The van der Waals surface area contributed by atoms with Crippen molar-refractivity contribution in [2.45, 2.75) is 13.3 Å². The summed E-state index contributed by atoms with van der Waals surface area (Å²) in [5, 5.41) is 0.884. The first-order valence-electron chi connectivity index (χ1n) is 10.0. The number of carbonyl (C=O) groups excluding carboxylic acids is 2. The maximum Gasteiger partial charge on any atom is 0.379 e. The number of nitrogens with zero attached hydrogens (tertiary/aromatic N) is 1. The predicted molar refractivity (Wildman–Crippen MR) is 129 cm³/mol. The SMILES string of the molecule is COCCCN1C(=O)C(=Cc2ccc(OC(=O)c3oc4ccccc4c3C)cc2)SC1=S. The Balaban J connectivity index is 1.44. The van der Waals surface area contributed by atoms with Gasteiger partial charge in [-0.2, -0.15) is 0 Å². The van der Waals surface area contributed by atoms with Gasteiger partial charge in [0.25, 0.3) is 5.91 Å². The van der Waals surface area contributed by atoms with Crippen LogP contribution in [0.3, 0.4) is 0 Å². The number of thioether (sulfide) groups is 1. The molecule has 0 bridgehead atoms. The lowest BCUT2D eigenvalue weighted by Gasteiger charge is -2.13. The first-order chi connectivity index (χ1) is 15.5. The standard InChI is InChI=1S/C24H21NO5S2/c1-15-18-6-3-4-7-19(18)30-21(15)23(27)29-17-10-8-16(9-11-17)14-20-22(26)25(24(31)32-20)12-5-13-28-2/h3-4,6-11,14H,5,12-13H2,1-2H3. The maximum absolute atomic E-state index is 12.6. The first-order valence-corrected chi connectivity index (χ1v) is 11.2. The van der Waals surface area contributed by atoms with Gasteiger partial charge in [0.2, 0.25) is 5.76 Å². The number of esters is 1. The van der Waals surface area contributed by atoms with Gasteiger partial charge in [-0.15, -0.1) is 0 Å². The molecule has 1 fully saturated rings. The number of para-hydroxylation sites is 1. The van der Waals surface area contributed by atoms with Gasteiger partial charge in [-0.3, -0.25) is 9.69 Å². The Hall–Kier alpha value is -2.94. The van der Waals surface area contributed by atoms with Gasteiger partial charge in [0, 0.05) is 31.2 Å². The van der Waals surface area contributed by atoms with Crippen molar-refractivity contribution in [1.29, 1.82) is 0 Å². The van der Waals surface area contributed by atoms with E-state index in [4.69, 9.17) is 26.1 Å². The molecule has 4 rings (SSSR count). The third-order valence-corrected chi connectivity index (χ3v) is 6.40. The van der Waals surface area contributed by atoms with E-state index in [9.17, 15) is 9.59 Å². The van der Waals surface area contributed by atoms with Crippen LogP contribution in [0.5, 0.6) is 5.75 Å². The Morgan fingerprint density at radius 3 is 2.66 bits per heavy atom. The van der Waals surface area contributed by atoms with E-state index in [1.807, 2.05) is 31.2 Å². The van der Waals surface area contributed by atoms with E-state index in [0.29, 0.717) is 33.7 Å². The van der Waals surface area contributed by atoms with Crippen molar-refractivity contribution >= 4 is 57.2 Å². The summed E-state index contributed by atoms with van der Waals surface area (Å²) in [5.41, 5.74) is 2.20. The van der Waals surface area contributed by atoms with Crippen molar-refractivity contribution in [3.8, 4) is 5.75 Å². The fourth-order valence-electron chi connectivity index (χ4n) is 3.37. The topological polar surface area (TPSA) is 69.0 Å². The van der Waals surface area contributed by atoms with Gasteiger partial charge in [-0.1, -0.05) is 54.3 Å². The van der Waals surface area contributed by atoms with E-state index >= 15 is 0 Å². The molecule has 6 nitrogen and oxygen atoms in total. The largest absolute Gasteiger partial charge is 0.449 e. The highest BCUT2D eigenvalue weighted by Crippen LogP contribution is 2.33. The minimum Gasteiger partial charge on any atom is -0.449 e. The average molecular weight is 468 g/mol. The van der Waals surface area contributed by atoms with Crippen molar-refractivity contribution in [2.75, 3.05) is 20.3 Å². The molecule has 2 heterocycles. The first kappa shape index (κ1) is 22.3. The number of amides is 1. The van der Waals surface area contributed by atoms with Crippen molar-refractivity contribution in [3.63, 3.8) is 0 Å². The zero-order chi connectivity index (χ0) is 22.7. The van der Waals surface area contributed by atoms with Crippen LogP contribution in [0, 0.1) is 6.92 Å². The number of fused-ring (bicyclic) bond motifs is 1. The van der Waals surface area contributed by atoms with Gasteiger partial charge >= 0.3 is 5.97 Å². The molecule has 0 saturated carbocycles. The molecule has 8 heteroatoms. The minimum atomic E-state index is -0.552. The lowest BCUT2D eigenvalue weighted by atomic mass is 10.1. The fraction of sp³-hybridized carbons (Fsp3) is 0.208. The number of methoxy groups -OCH3 is 1. The van der Waals surface area contributed by atoms with Crippen LogP contribution in [-0.4, -0.2) is 41.4 Å². The smallest absolute Gasteiger partial charge is 0.379 e. The molecule has 3 aromatic rings. The highest BCUT2D eigenvalue weighted by molar-refractivity contribution is 8.26. The quantitative estimate of drug-likeness (QED) is 0.156. The Bertz CT molecular complexity index is 1210. The van der Waals surface area contributed by atoms with Gasteiger partial charge in [0.05, 0.1) is 4.91 Å². The van der Waals surface area contributed by atoms with E-state index < -0.39 is 5.97 Å². The lowest BCUT2D eigenvalue weighted by Crippen LogP contribution is -2.29. The molecule has 0 aliphatic carbocycles. The zero-order valence-electron chi connectivity index (χ0n) is 17.6. The molecular formula is C24H21NO5S2. The van der Waals surface area contributed by atoms with E-state index in [1.165, 1.54) is 11.8 Å². The molecule has 1 aliphatic rings. The summed E-state index contributed by atoms with van der Waals surface area (Å²) in [7, 11) is 1.63. The molecule has 0 radical (unpaired) electrons. The van der Waals surface area contributed by atoms with Gasteiger partial charge in [0.15, 0.2) is 0 Å². The third-order valence-electron chi connectivity index (χ3n) is 5.02. The molecule has 164 valence electrons. The molecule has 2 aromatic carbocycles. The van der Waals surface area contributed by atoms with E-state index in [2.05, 4.69) is 0 Å². The van der Waals surface area contributed by atoms with E-state index in [1.54, 1.807) is 42.4 Å². The summed E-state index contributed by atoms with van der Waals surface area (Å²) in [6, 6.07) is 14.4. The molecule has 1 saturated heterocycles. The van der Waals surface area contributed by atoms with Crippen LogP contribution in [0.2, 0.25) is 0 Å². The van der Waals surface area contributed by atoms with Crippen molar-refractivity contribution < 1.29 is 23.5 Å². The molecule has 1 aromatic heterocycles. The lowest BCUT2D eigenvalue weighted by molar-refractivity contribution is -0.122. The van der Waals surface area contributed by atoms with Gasteiger partial charge in [-0.05, 0) is 43.2 Å². The number of ether oxygens (including phenoxy) is 2. The second-order valence-electron chi connectivity index (χ2n) is 7.19. The van der Waals surface area contributed by atoms with Crippen LogP contribution in [-0.2, 0) is 9.53 Å². The molecule has 1 amide bonds. The number of carbonyl (C=O) groups is 2. The second-order valence-corrected chi connectivity index (χ2v) is 8.87. The second kappa shape index (κ2) is 9.68. The number of benzene rings is 2. The fourth-order valence-corrected chi connectivity index (χ4v) is 4.67. The number of rotatable bonds is 7. The Labute approximate surface area is 195 Å². The predicted octanol–water partition coefficient (Wildman–Crippen LogP) is 5.20. The minimum absolute atomic E-state index is 0.105. The van der Waals surface area contributed by atoms with Crippen LogP contribution in [0.4, 0.5) is 0 Å². The van der Waals surface area contributed by atoms with E-state index in [-0.39, 0.29) is 11.7 Å². The summed E-state index contributed by atoms with van der Waals surface area (Å²) in [4.78, 5) is 27.4. The molecule has 0 atom stereocenters. The number of aryl methyl sites for hydroxylation is 1. The van der Waals surface area contributed by atoms with Crippen LogP contribution < -0.4 is 4.74 Å². The average Bonchev–Trinajstić information content (AvgIpc) is 3.26. The normalized spacial score (nSPS) is 15.2. The van der Waals surface area contributed by atoms with Crippen molar-refractivity contribution in [2.24, 2.45) is 0 Å². The van der Waals surface area contributed by atoms with Gasteiger partial charge in [-0.25, -0.2) is 4.79 Å². The monoisotopic (exact) mass is 467 g/mol. The Kier molecular flexibility index (Phi) is 6.74. The summed E-state index contributed by atoms with van der Waals surface area (Å²) in [6.07, 6.45) is 2.51. The zero-order valence-corrected chi connectivity index (χ0v) is 19.3. The van der Waals surface area contributed by atoms with Gasteiger partial charge in [0.1, 0.15) is 15.7 Å². The number of hydrogen-bond donors (Lipinski definition) is 0. The van der Waals surface area contributed by atoms with Crippen molar-refractivity contribution in [1.82, 2.24) is 4.90 Å². The van der Waals surface area contributed by atoms with Crippen LogP contribution >= 0.6 is 24.0 Å². The highest BCUT2D eigenvalue weighted by atomic mass is 32.2. The molecule has 1 aliphatic heterocycles. The number of hydrogen-bond acceptors (Lipinski definition) is 7. The molecule has 0 unspecified atom stereocenters. The molecule has 32 heavy (non-hydrogen) atoms. The van der Waals surface area contributed by atoms with Crippen LogP contribution in [0.15, 0.2) is 57.9 Å². The number of furan rings is 1. The number of thiocarbonyl (C=S) groups is 1. The molecule has 0 N–H and O–H groups in total. The van der Waals surface area contributed by atoms with Crippen LogP contribution in [0.1, 0.15) is 28.1 Å². The maximum atomic E-state index is 12.6.